The predicted octanol–water partition coefficient (Wildman–Crippen LogP) is 6.00. The summed E-state index contributed by atoms with van der Waals surface area (Å²) in [6, 6.07) is 41.0. The molecule has 4 aromatic rings. The fourth-order valence-corrected chi connectivity index (χ4v) is 4.08. The van der Waals surface area contributed by atoms with E-state index >= 15 is 0 Å². The lowest BCUT2D eigenvalue weighted by molar-refractivity contribution is -0.00458. The van der Waals surface area contributed by atoms with Crippen LogP contribution in [0, 0.1) is 6.07 Å². The SMILES string of the molecule is [c]1ccccc1N1CC(Oc2ccccc2)C(Oc2ccccc2)CC1Oc1ccccc1. The summed E-state index contributed by atoms with van der Waals surface area (Å²) in [6.07, 6.45) is 0.0119. The van der Waals surface area contributed by atoms with Crippen LogP contribution < -0.4 is 19.1 Å². The van der Waals surface area contributed by atoms with Gasteiger partial charge in [-0.1, -0.05) is 72.8 Å². The van der Waals surface area contributed by atoms with Gasteiger partial charge in [0.2, 0.25) is 0 Å². The van der Waals surface area contributed by atoms with Crippen molar-refractivity contribution in [2.24, 2.45) is 0 Å². The topological polar surface area (TPSA) is 30.9 Å². The lowest BCUT2D eigenvalue weighted by atomic mass is 10.0. The summed E-state index contributed by atoms with van der Waals surface area (Å²) in [4.78, 5) is 2.21. The van der Waals surface area contributed by atoms with Crippen molar-refractivity contribution < 1.29 is 14.2 Å². The average Bonchev–Trinajstić information content (AvgIpc) is 2.88. The Morgan fingerprint density at radius 3 is 1.64 bits per heavy atom. The minimum atomic E-state index is -0.226. The number of ether oxygens (including phenoxy) is 3. The quantitative estimate of drug-likeness (QED) is 0.356. The molecule has 165 valence electrons. The lowest BCUT2D eigenvalue weighted by Crippen LogP contribution is -2.58. The molecule has 4 aromatic carbocycles. The molecule has 0 amide bonds. The van der Waals surface area contributed by atoms with Gasteiger partial charge in [-0.3, -0.25) is 0 Å². The summed E-state index contributed by atoms with van der Waals surface area (Å²) in [6.45, 7) is 0.602. The molecule has 0 spiro atoms. The van der Waals surface area contributed by atoms with Gasteiger partial charge in [0.25, 0.3) is 0 Å². The maximum absolute atomic E-state index is 6.46. The zero-order valence-corrected chi connectivity index (χ0v) is 18.3. The number of benzene rings is 4. The molecule has 0 aromatic heterocycles. The molecule has 0 N–H and O–H groups in total. The van der Waals surface area contributed by atoms with Gasteiger partial charge in [0.1, 0.15) is 23.4 Å². The fourth-order valence-electron chi connectivity index (χ4n) is 4.08. The van der Waals surface area contributed by atoms with E-state index in [0.29, 0.717) is 13.0 Å². The third-order valence-electron chi connectivity index (χ3n) is 5.65. The summed E-state index contributed by atoms with van der Waals surface area (Å²) < 4.78 is 19.4. The van der Waals surface area contributed by atoms with Gasteiger partial charge in [-0.15, -0.1) is 0 Å². The molecular weight excluding hydrogens is 410 g/mol. The molecule has 1 fully saturated rings. The van der Waals surface area contributed by atoms with E-state index in [1.807, 2.05) is 109 Å². The van der Waals surface area contributed by atoms with Crippen molar-refractivity contribution in [2.75, 3.05) is 11.4 Å². The number of anilines is 1. The van der Waals surface area contributed by atoms with Gasteiger partial charge >= 0.3 is 0 Å². The Hall–Kier alpha value is -3.92. The van der Waals surface area contributed by atoms with Gasteiger partial charge in [0.05, 0.1) is 6.54 Å². The summed E-state index contributed by atoms with van der Waals surface area (Å²) in [5.74, 6) is 2.47. The molecule has 33 heavy (non-hydrogen) atoms. The Labute approximate surface area is 195 Å². The van der Waals surface area contributed by atoms with Gasteiger partial charge in [-0.25, -0.2) is 0 Å². The summed E-state index contributed by atoms with van der Waals surface area (Å²) in [5.41, 5.74) is 0.971. The number of hydrogen-bond donors (Lipinski definition) is 0. The zero-order chi connectivity index (χ0) is 22.3. The van der Waals surface area contributed by atoms with E-state index in [1.165, 1.54) is 0 Å². The zero-order valence-electron chi connectivity index (χ0n) is 18.3. The highest BCUT2D eigenvalue weighted by Gasteiger charge is 2.40. The maximum atomic E-state index is 6.46. The van der Waals surface area contributed by atoms with Gasteiger partial charge < -0.3 is 19.1 Å². The van der Waals surface area contributed by atoms with E-state index in [1.54, 1.807) is 0 Å². The van der Waals surface area contributed by atoms with Crippen LogP contribution in [-0.2, 0) is 0 Å². The van der Waals surface area contributed by atoms with Crippen molar-refractivity contribution in [3.63, 3.8) is 0 Å². The highest BCUT2D eigenvalue weighted by atomic mass is 16.6. The summed E-state index contributed by atoms with van der Waals surface area (Å²) in [7, 11) is 0. The number of para-hydroxylation sites is 4. The van der Waals surface area contributed by atoms with Crippen LogP contribution in [0.2, 0.25) is 0 Å². The van der Waals surface area contributed by atoms with Crippen LogP contribution in [-0.4, -0.2) is 25.0 Å². The van der Waals surface area contributed by atoms with Gasteiger partial charge in [0, 0.05) is 18.2 Å². The number of hydrogen-bond acceptors (Lipinski definition) is 4. The van der Waals surface area contributed by atoms with E-state index in [4.69, 9.17) is 14.2 Å². The minimum absolute atomic E-state index is 0.193. The monoisotopic (exact) mass is 436 g/mol. The molecule has 0 aliphatic carbocycles. The first-order valence-electron chi connectivity index (χ1n) is 11.2. The van der Waals surface area contributed by atoms with Crippen molar-refractivity contribution in [1.29, 1.82) is 0 Å². The first kappa shape index (κ1) is 21.0. The summed E-state index contributed by atoms with van der Waals surface area (Å²) >= 11 is 0. The second-order valence-corrected chi connectivity index (χ2v) is 7.96. The van der Waals surface area contributed by atoms with Gasteiger partial charge in [-0.2, -0.15) is 0 Å². The first-order valence-corrected chi connectivity index (χ1v) is 11.2. The summed E-state index contributed by atoms with van der Waals surface area (Å²) in [5, 5.41) is 0. The molecule has 3 unspecified atom stereocenters. The van der Waals surface area contributed by atoms with Crippen LogP contribution in [0.15, 0.2) is 115 Å². The van der Waals surface area contributed by atoms with Crippen LogP contribution in [0.1, 0.15) is 6.42 Å². The highest BCUT2D eigenvalue weighted by Crippen LogP contribution is 2.31. The molecule has 1 saturated heterocycles. The van der Waals surface area contributed by atoms with E-state index in [9.17, 15) is 0 Å². The van der Waals surface area contributed by atoms with Crippen LogP contribution in [0.25, 0.3) is 0 Å². The van der Waals surface area contributed by atoms with Crippen LogP contribution in [0.3, 0.4) is 0 Å². The predicted molar refractivity (Wildman–Crippen MR) is 130 cm³/mol. The van der Waals surface area contributed by atoms with Crippen LogP contribution in [0.4, 0.5) is 5.69 Å². The number of rotatable bonds is 7. The van der Waals surface area contributed by atoms with Crippen LogP contribution >= 0.6 is 0 Å². The van der Waals surface area contributed by atoms with E-state index in [0.717, 1.165) is 22.9 Å². The Bertz CT molecular complexity index is 1110. The van der Waals surface area contributed by atoms with Crippen molar-refractivity contribution in [1.82, 2.24) is 0 Å². The molecule has 1 heterocycles. The molecule has 1 radical (unpaired) electrons. The molecule has 1 aliphatic rings. The maximum Gasteiger partial charge on any atom is 0.176 e. The van der Waals surface area contributed by atoms with Crippen molar-refractivity contribution in [3.05, 3.63) is 121 Å². The van der Waals surface area contributed by atoms with E-state index in [-0.39, 0.29) is 18.4 Å². The molecule has 1 aliphatic heterocycles. The standard InChI is InChI=1S/C29H26NO3/c1-5-13-23(14-6-1)30-22-28(32-25-17-9-3-10-18-25)27(31-24-15-7-2-8-16-24)21-29(30)33-26-19-11-4-12-20-26/h1-13,15-20,27-29H,21-22H2. The van der Waals surface area contributed by atoms with Crippen molar-refractivity contribution >= 4 is 5.69 Å². The normalized spacial score (nSPS) is 20.1. The van der Waals surface area contributed by atoms with E-state index in [2.05, 4.69) is 17.0 Å². The molecule has 0 saturated carbocycles. The van der Waals surface area contributed by atoms with E-state index < -0.39 is 0 Å². The molecule has 5 rings (SSSR count). The van der Waals surface area contributed by atoms with Gasteiger partial charge in [-0.05, 0) is 42.5 Å². The number of piperidine rings is 1. The Kier molecular flexibility index (Phi) is 6.43. The third kappa shape index (κ3) is 5.29. The molecule has 4 nitrogen and oxygen atoms in total. The second-order valence-electron chi connectivity index (χ2n) is 7.96. The number of nitrogens with zero attached hydrogens (tertiary/aromatic N) is 1. The Morgan fingerprint density at radius 2 is 1.09 bits per heavy atom. The Morgan fingerprint density at radius 1 is 0.576 bits per heavy atom. The largest absolute Gasteiger partial charge is 0.486 e. The second kappa shape index (κ2) is 10.1. The molecule has 4 heteroatoms. The highest BCUT2D eigenvalue weighted by molar-refractivity contribution is 5.47. The lowest BCUT2D eigenvalue weighted by Gasteiger charge is -2.44. The minimum Gasteiger partial charge on any atom is -0.486 e. The van der Waals surface area contributed by atoms with Gasteiger partial charge in [0.15, 0.2) is 12.3 Å². The first-order chi connectivity index (χ1) is 16.3. The van der Waals surface area contributed by atoms with Crippen LogP contribution in [0.5, 0.6) is 17.2 Å². The average molecular weight is 437 g/mol. The molecule has 0 bridgehead atoms. The molecular formula is C29H26NO3. The Balaban J connectivity index is 1.46. The van der Waals surface area contributed by atoms with Crippen molar-refractivity contribution in [3.8, 4) is 17.2 Å². The third-order valence-corrected chi connectivity index (χ3v) is 5.65. The molecule has 3 atom stereocenters. The fraction of sp³-hybridized carbons (Fsp3) is 0.172. The smallest absolute Gasteiger partial charge is 0.176 e. The van der Waals surface area contributed by atoms with Crippen molar-refractivity contribution in [2.45, 2.75) is 24.9 Å².